The molecule has 0 saturated carbocycles. The highest BCUT2D eigenvalue weighted by Gasteiger charge is 2.21. The maximum absolute atomic E-state index is 12.4. The van der Waals surface area contributed by atoms with Crippen LogP contribution in [0, 0.1) is 0 Å². The van der Waals surface area contributed by atoms with Crippen LogP contribution in [0.15, 0.2) is 53.4 Å². The van der Waals surface area contributed by atoms with Gasteiger partial charge in [0.15, 0.2) is 0 Å². The molecule has 1 aliphatic heterocycles. The van der Waals surface area contributed by atoms with Crippen LogP contribution in [0.1, 0.15) is 30.0 Å². The molecule has 1 amide bonds. The molecule has 1 heterocycles. The van der Waals surface area contributed by atoms with Crippen LogP contribution in [0.3, 0.4) is 0 Å². The lowest BCUT2D eigenvalue weighted by atomic mass is 10.00. The number of rotatable bonds is 6. The van der Waals surface area contributed by atoms with E-state index in [1.165, 1.54) is 11.1 Å². The minimum absolute atomic E-state index is 0.0245. The van der Waals surface area contributed by atoms with Crippen molar-refractivity contribution in [1.29, 1.82) is 0 Å². The number of amides is 1. The minimum Gasteiger partial charge on any atom is -0.338 e. The zero-order chi connectivity index (χ0) is 18.6. The predicted molar refractivity (Wildman–Crippen MR) is 101 cm³/mol. The summed E-state index contributed by atoms with van der Waals surface area (Å²) in [6, 6.07) is 14.9. The molecule has 2 aromatic carbocycles. The van der Waals surface area contributed by atoms with Crippen LogP contribution in [-0.2, 0) is 34.2 Å². The molecule has 0 saturated heterocycles. The van der Waals surface area contributed by atoms with Gasteiger partial charge in [-0.3, -0.25) is 4.79 Å². The molecule has 0 aliphatic carbocycles. The van der Waals surface area contributed by atoms with E-state index in [1.54, 1.807) is 17.0 Å². The molecule has 0 radical (unpaired) electrons. The van der Waals surface area contributed by atoms with Crippen LogP contribution in [0.4, 0.5) is 0 Å². The van der Waals surface area contributed by atoms with Crippen molar-refractivity contribution in [2.24, 2.45) is 0 Å². The van der Waals surface area contributed by atoms with Gasteiger partial charge in [0.2, 0.25) is 15.9 Å². The van der Waals surface area contributed by atoms with Gasteiger partial charge in [0.1, 0.15) is 0 Å². The average molecular weight is 372 g/mol. The van der Waals surface area contributed by atoms with Crippen molar-refractivity contribution in [3.63, 3.8) is 0 Å². The fourth-order valence-electron chi connectivity index (χ4n) is 3.15. The monoisotopic (exact) mass is 372 g/mol. The number of hydrogen-bond acceptors (Lipinski definition) is 3. The molecule has 26 heavy (non-hydrogen) atoms. The third-order valence-corrected chi connectivity index (χ3v) is 6.23. The van der Waals surface area contributed by atoms with E-state index >= 15 is 0 Å². The van der Waals surface area contributed by atoms with Crippen LogP contribution < -0.4 is 4.72 Å². The Balaban J connectivity index is 1.53. The standard InChI is InChI=1S/C20H24N2O3S/c1-2-16-7-9-19(10-8-16)26(24,25)21-13-11-20(23)22-14-12-17-5-3-4-6-18(17)15-22/h3-10,21H,2,11-15H2,1H3. The van der Waals surface area contributed by atoms with Crippen molar-refractivity contribution < 1.29 is 13.2 Å². The number of sulfonamides is 1. The summed E-state index contributed by atoms with van der Waals surface area (Å²) in [6.07, 6.45) is 1.87. The van der Waals surface area contributed by atoms with Crippen molar-refractivity contribution in [1.82, 2.24) is 9.62 Å². The predicted octanol–water partition coefficient (Wildman–Crippen LogP) is 2.50. The molecule has 5 nitrogen and oxygen atoms in total. The third-order valence-electron chi connectivity index (χ3n) is 4.76. The van der Waals surface area contributed by atoms with E-state index in [2.05, 4.69) is 10.8 Å². The molecule has 0 atom stereocenters. The normalized spacial score (nSPS) is 14.1. The first-order chi connectivity index (χ1) is 12.5. The van der Waals surface area contributed by atoms with Crippen LogP contribution in [0.2, 0.25) is 0 Å². The molecule has 3 rings (SSSR count). The number of nitrogens with zero attached hydrogens (tertiary/aromatic N) is 1. The van der Waals surface area contributed by atoms with E-state index in [-0.39, 0.29) is 23.8 Å². The largest absolute Gasteiger partial charge is 0.338 e. The molecule has 0 spiro atoms. The van der Waals surface area contributed by atoms with Gasteiger partial charge in [-0.2, -0.15) is 0 Å². The summed E-state index contributed by atoms with van der Waals surface area (Å²) in [7, 11) is -3.58. The second kappa shape index (κ2) is 8.01. The number of nitrogens with one attached hydrogen (secondary N) is 1. The van der Waals surface area contributed by atoms with Gasteiger partial charge in [0, 0.05) is 26.1 Å². The molecule has 2 aromatic rings. The molecule has 0 bridgehead atoms. The van der Waals surface area contributed by atoms with Crippen molar-refractivity contribution in [3.8, 4) is 0 Å². The Labute approximate surface area is 155 Å². The number of hydrogen-bond donors (Lipinski definition) is 1. The zero-order valence-electron chi connectivity index (χ0n) is 14.9. The quantitative estimate of drug-likeness (QED) is 0.847. The Morgan fingerprint density at radius 3 is 2.46 bits per heavy atom. The topological polar surface area (TPSA) is 66.5 Å². The summed E-state index contributed by atoms with van der Waals surface area (Å²) in [4.78, 5) is 14.4. The number of carbonyl (C=O) groups excluding carboxylic acids is 1. The summed E-state index contributed by atoms with van der Waals surface area (Å²) in [6.45, 7) is 3.41. The third kappa shape index (κ3) is 4.31. The highest BCUT2D eigenvalue weighted by atomic mass is 32.2. The van der Waals surface area contributed by atoms with Gasteiger partial charge >= 0.3 is 0 Å². The van der Waals surface area contributed by atoms with E-state index in [4.69, 9.17) is 0 Å². The first-order valence-electron chi connectivity index (χ1n) is 8.93. The van der Waals surface area contributed by atoms with Crippen LogP contribution >= 0.6 is 0 Å². The summed E-state index contributed by atoms with van der Waals surface area (Å²) < 4.78 is 27.2. The van der Waals surface area contributed by atoms with Crippen molar-refractivity contribution in [3.05, 3.63) is 65.2 Å². The molecule has 0 aromatic heterocycles. The highest BCUT2D eigenvalue weighted by Crippen LogP contribution is 2.19. The van der Waals surface area contributed by atoms with Gasteiger partial charge < -0.3 is 4.90 Å². The van der Waals surface area contributed by atoms with E-state index in [1.807, 2.05) is 37.3 Å². The molecule has 0 fully saturated rings. The Bertz CT molecular complexity index is 876. The number of carbonyl (C=O) groups is 1. The fourth-order valence-corrected chi connectivity index (χ4v) is 4.18. The highest BCUT2D eigenvalue weighted by molar-refractivity contribution is 7.89. The average Bonchev–Trinajstić information content (AvgIpc) is 2.67. The van der Waals surface area contributed by atoms with Crippen molar-refractivity contribution >= 4 is 15.9 Å². The SMILES string of the molecule is CCc1ccc(S(=O)(=O)NCCC(=O)N2CCc3ccccc3C2)cc1. The first kappa shape index (κ1) is 18.6. The van der Waals surface area contributed by atoms with Gasteiger partial charge in [0.05, 0.1) is 4.90 Å². The Morgan fingerprint density at radius 2 is 1.77 bits per heavy atom. The second-order valence-corrected chi connectivity index (χ2v) is 8.25. The van der Waals surface area contributed by atoms with Crippen LogP contribution in [0.5, 0.6) is 0 Å². The molecule has 0 unspecified atom stereocenters. The van der Waals surface area contributed by atoms with E-state index in [9.17, 15) is 13.2 Å². The van der Waals surface area contributed by atoms with Crippen LogP contribution in [0.25, 0.3) is 0 Å². The number of fused-ring (bicyclic) bond motifs is 1. The van der Waals surface area contributed by atoms with Gasteiger partial charge in [0.25, 0.3) is 0 Å². The molecule has 1 N–H and O–H groups in total. The Hall–Kier alpha value is -2.18. The van der Waals surface area contributed by atoms with Crippen molar-refractivity contribution in [2.75, 3.05) is 13.1 Å². The van der Waals surface area contributed by atoms with Gasteiger partial charge in [-0.25, -0.2) is 13.1 Å². The lowest BCUT2D eigenvalue weighted by Crippen LogP contribution is -2.38. The summed E-state index contributed by atoms with van der Waals surface area (Å²) >= 11 is 0. The Morgan fingerprint density at radius 1 is 1.08 bits per heavy atom. The van der Waals surface area contributed by atoms with Crippen LogP contribution in [-0.4, -0.2) is 32.3 Å². The molecule has 6 heteroatoms. The molecule has 138 valence electrons. The Kier molecular flexibility index (Phi) is 5.74. The lowest BCUT2D eigenvalue weighted by Gasteiger charge is -2.29. The molecule has 1 aliphatic rings. The van der Waals surface area contributed by atoms with Crippen molar-refractivity contribution in [2.45, 2.75) is 37.6 Å². The second-order valence-electron chi connectivity index (χ2n) is 6.48. The molecular formula is C20H24N2O3S. The lowest BCUT2D eigenvalue weighted by molar-refractivity contribution is -0.131. The summed E-state index contributed by atoms with van der Waals surface area (Å²) in [5.41, 5.74) is 3.54. The first-order valence-corrected chi connectivity index (χ1v) is 10.4. The number of aryl methyl sites for hydroxylation is 1. The van der Waals surface area contributed by atoms with Gasteiger partial charge in [-0.1, -0.05) is 43.3 Å². The van der Waals surface area contributed by atoms with E-state index in [0.717, 1.165) is 18.4 Å². The smallest absolute Gasteiger partial charge is 0.240 e. The maximum atomic E-state index is 12.4. The minimum atomic E-state index is -3.58. The van der Waals surface area contributed by atoms with Gasteiger partial charge in [-0.15, -0.1) is 0 Å². The molecular weight excluding hydrogens is 348 g/mol. The summed E-state index contributed by atoms with van der Waals surface area (Å²) in [5, 5.41) is 0. The number of benzene rings is 2. The summed E-state index contributed by atoms with van der Waals surface area (Å²) in [5.74, 6) is -0.0245. The van der Waals surface area contributed by atoms with E-state index < -0.39 is 10.0 Å². The van der Waals surface area contributed by atoms with E-state index in [0.29, 0.717) is 13.1 Å². The zero-order valence-corrected chi connectivity index (χ0v) is 15.8. The fraction of sp³-hybridized carbons (Fsp3) is 0.350. The maximum Gasteiger partial charge on any atom is 0.240 e. The van der Waals surface area contributed by atoms with Gasteiger partial charge in [-0.05, 0) is 41.7 Å².